The van der Waals surface area contributed by atoms with E-state index in [1.165, 1.54) is 10.7 Å². The largest absolute Gasteiger partial charge is 0.413 e. The van der Waals surface area contributed by atoms with Crippen molar-refractivity contribution in [1.29, 1.82) is 0 Å². The van der Waals surface area contributed by atoms with Gasteiger partial charge in [-0.05, 0) is 42.2 Å². The molecule has 1 heterocycles. The Morgan fingerprint density at radius 1 is 0.971 bits per heavy atom. The molecule has 0 fully saturated rings. The fraction of sp³-hybridized carbons (Fsp3) is 0.625. The molecule has 0 aliphatic carbocycles. The van der Waals surface area contributed by atoms with E-state index in [-0.39, 0.29) is 21.7 Å². The van der Waals surface area contributed by atoms with Crippen LogP contribution in [0.15, 0.2) is 41.4 Å². The van der Waals surface area contributed by atoms with E-state index >= 15 is 0 Å². The van der Waals surface area contributed by atoms with Crippen LogP contribution < -0.4 is 4.39 Å². The maximum atomic E-state index is 13.4. The number of nitrogens with zero attached hydrogens (tertiary/aromatic N) is 2. The summed E-state index contributed by atoms with van der Waals surface area (Å²) in [4.78, 5) is 0. The first-order chi connectivity index (χ1) is 15.1. The van der Waals surface area contributed by atoms with Gasteiger partial charge in [-0.25, -0.2) is 17.5 Å². The highest BCUT2D eigenvalue weighted by molar-refractivity contribution is 7.90. The average Bonchev–Trinajstić information content (AvgIpc) is 3.12. The van der Waals surface area contributed by atoms with Gasteiger partial charge in [-0.2, -0.15) is 5.10 Å². The summed E-state index contributed by atoms with van der Waals surface area (Å²) in [5.74, 6) is 0. The monoisotopic (exact) mass is 525 g/mol. The van der Waals surface area contributed by atoms with Gasteiger partial charge >= 0.3 is 0 Å². The summed E-state index contributed by atoms with van der Waals surface area (Å²) in [6, 6.07) is 10.7. The van der Waals surface area contributed by atoms with Crippen LogP contribution >= 0.6 is 0 Å². The van der Waals surface area contributed by atoms with Gasteiger partial charge in [-0.3, -0.25) is 0 Å². The Morgan fingerprint density at radius 2 is 1.50 bits per heavy atom. The molecule has 10 heteroatoms. The lowest BCUT2D eigenvalue weighted by Gasteiger charge is -2.38. The van der Waals surface area contributed by atoms with E-state index in [0.29, 0.717) is 11.4 Å². The molecule has 1 unspecified atom stereocenters. The molecule has 2 N–H and O–H groups in total. The fourth-order valence-corrected chi connectivity index (χ4v) is 8.65. The summed E-state index contributed by atoms with van der Waals surface area (Å²) in [5, 5.41) is 15.7. The first-order valence-electron chi connectivity index (χ1n) is 11.7. The minimum Gasteiger partial charge on any atom is -0.413 e. The van der Waals surface area contributed by atoms with Gasteiger partial charge in [0.05, 0.1) is 18.0 Å². The summed E-state index contributed by atoms with van der Waals surface area (Å²) in [6.07, 6.45) is 0. The Bertz CT molecular complexity index is 1100. The van der Waals surface area contributed by atoms with E-state index in [1.54, 1.807) is 6.92 Å². The second kappa shape index (κ2) is 9.29. The van der Waals surface area contributed by atoms with Gasteiger partial charge in [0.2, 0.25) is 0 Å². The number of hydrogen-bond donors (Lipinski definition) is 2. The Hall–Kier alpha value is -1.31. The first kappa shape index (κ1) is 28.9. The molecule has 2 rings (SSSR count). The summed E-state index contributed by atoms with van der Waals surface area (Å²) in [7, 11) is -8.43. The number of nitrogens with one attached hydrogen (secondary N) is 1. The van der Waals surface area contributed by atoms with Crippen LogP contribution in [0.4, 0.5) is 0 Å². The molecule has 0 spiro atoms. The SMILES string of the molecule is CC(O)(CO[Si](C)(C)C(C)(C)C)c1cc(S(=O)(=O)N[Si](C)(C)C(C)(C)C)nn1-c1ccccc1. The third-order valence-corrected chi connectivity index (χ3v) is 19.4. The van der Waals surface area contributed by atoms with Gasteiger partial charge in [-0.1, -0.05) is 72.8 Å². The van der Waals surface area contributed by atoms with Crippen molar-refractivity contribution in [2.45, 2.75) is 95.4 Å². The van der Waals surface area contributed by atoms with Gasteiger partial charge in [0, 0.05) is 6.07 Å². The molecule has 34 heavy (non-hydrogen) atoms. The van der Waals surface area contributed by atoms with Gasteiger partial charge in [-0.15, -0.1) is 0 Å². The summed E-state index contributed by atoms with van der Waals surface area (Å²) in [5.41, 5.74) is -0.421. The van der Waals surface area contributed by atoms with Crippen molar-refractivity contribution in [3.05, 3.63) is 42.1 Å². The number of aromatic nitrogens is 2. The predicted octanol–water partition coefficient (Wildman–Crippen LogP) is 5.39. The molecule has 1 aromatic heterocycles. The summed E-state index contributed by atoms with van der Waals surface area (Å²) >= 11 is 0. The van der Waals surface area contributed by atoms with Crippen LogP contribution in [0.25, 0.3) is 5.69 Å². The molecule has 0 radical (unpaired) electrons. The second-order valence-electron chi connectivity index (χ2n) is 12.4. The Morgan fingerprint density at radius 3 is 1.97 bits per heavy atom. The van der Waals surface area contributed by atoms with Crippen LogP contribution in [-0.2, 0) is 20.1 Å². The number of benzene rings is 1. The molecular formula is C24H43N3O4SSi2. The topological polar surface area (TPSA) is 93.4 Å². The molecule has 0 saturated carbocycles. The van der Waals surface area contributed by atoms with E-state index in [0.717, 1.165) is 0 Å². The smallest absolute Gasteiger partial charge is 0.253 e. The molecule has 1 atom stereocenters. The zero-order valence-electron chi connectivity index (χ0n) is 22.6. The number of rotatable bonds is 8. The molecule has 2 aromatic rings. The second-order valence-corrected chi connectivity index (χ2v) is 24.2. The van der Waals surface area contributed by atoms with Gasteiger partial charge in [0.25, 0.3) is 10.0 Å². The molecular weight excluding hydrogens is 483 g/mol. The number of para-hydroxylation sites is 1. The van der Waals surface area contributed by atoms with Crippen molar-refractivity contribution in [1.82, 2.24) is 14.2 Å². The van der Waals surface area contributed by atoms with E-state index in [9.17, 15) is 13.5 Å². The molecule has 0 amide bonds. The predicted molar refractivity (Wildman–Crippen MR) is 144 cm³/mol. The highest BCUT2D eigenvalue weighted by Crippen LogP contribution is 2.38. The van der Waals surface area contributed by atoms with Gasteiger partial charge in [0.15, 0.2) is 13.3 Å². The zero-order valence-corrected chi connectivity index (χ0v) is 25.5. The van der Waals surface area contributed by atoms with Crippen molar-refractivity contribution in [3.8, 4) is 5.69 Å². The van der Waals surface area contributed by atoms with E-state index in [1.807, 2.05) is 64.2 Å². The lowest BCUT2D eigenvalue weighted by molar-refractivity contribution is -0.00292. The third-order valence-electron chi connectivity index (χ3n) is 7.30. The van der Waals surface area contributed by atoms with Crippen LogP contribution in [-0.4, -0.2) is 46.5 Å². The van der Waals surface area contributed by atoms with Crippen LogP contribution in [0, 0.1) is 0 Å². The summed E-state index contributed by atoms with van der Waals surface area (Å²) < 4.78 is 37.6. The molecule has 0 aliphatic rings. The van der Waals surface area contributed by atoms with E-state index in [2.05, 4.69) is 43.4 Å². The average molecular weight is 526 g/mol. The van der Waals surface area contributed by atoms with E-state index in [4.69, 9.17) is 4.43 Å². The Balaban J connectivity index is 2.56. The number of hydrogen-bond acceptors (Lipinski definition) is 5. The molecule has 1 aromatic carbocycles. The van der Waals surface area contributed by atoms with E-state index < -0.39 is 32.2 Å². The molecule has 0 saturated heterocycles. The number of aliphatic hydroxyl groups is 1. The Kier molecular flexibility index (Phi) is 7.90. The number of sulfonamides is 1. The zero-order chi connectivity index (χ0) is 26.4. The maximum Gasteiger partial charge on any atom is 0.253 e. The van der Waals surface area contributed by atoms with Crippen LogP contribution in [0.1, 0.15) is 54.2 Å². The van der Waals surface area contributed by atoms with Crippen LogP contribution in [0.5, 0.6) is 0 Å². The highest BCUT2D eigenvalue weighted by Gasteiger charge is 2.43. The maximum absolute atomic E-state index is 13.4. The van der Waals surface area contributed by atoms with Crippen molar-refractivity contribution in [2.75, 3.05) is 6.61 Å². The molecule has 192 valence electrons. The Labute approximate surface area is 208 Å². The van der Waals surface area contributed by atoms with Crippen molar-refractivity contribution in [3.63, 3.8) is 0 Å². The normalized spacial score (nSPS) is 15.9. The minimum atomic E-state index is -3.90. The highest BCUT2D eigenvalue weighted by atomic mass is 32.2. The van der Waals surface area contributed by atoms with Crippen LogP contribution in [0.2, 0.25) is 36.3 Å². The van der Waals surface area contributed by atoms with Gasteiger partial charge in [0.1, 0.15) is 13.8 Å². The lowest BCUT2D eigenvalue weighted by atomic mass is 10.0. The molecule has 7 nitrogen and oxygen atoms in total. The van der Waals surface area contributed by atoms with Gasteiger partial charge < -0.3 is 9.53 Å². The van der Waals surface area contributed by atoms with Crippen molar-refractivity contribution in [2.24, 2.45) is 0 Å². The summed E-state index contributed by atoms with van der Waals surface area (Å²) in [6.45, 7) is 22.4. The fourth-order valence-electron chi connectivity index (χ4n) is 2.79. The van der Waals surface area contributed by atoms with Crippen LogP contribution in [0.3, 0.4) is 0 Å². The minimum absolute atomic E-state index is 0.0235. The quantitative estimate of drug-likeness (QED) is 0.451. The van der Waals surface area contributed by atoms with Crippen molar-refractivity contribution >= 4 is 26.6 Å². The molecule has 0 aliphatic heterocycles. The third kappa shape index (κ3) is 6.27. The van der Waals surface area contributed by atoms with Crippen molar-refractivity contribution < 1.29 is 18.0 Å². The lowest BCUT2D eigenvalue weighted by Crippen LogP contribution is -2.54. The first-order valence-corrected chi connectivity index (χ1v) is 19.1. The molecule has 0 bridgehead atoms. The standard InChI is InChI=1S/C24H43N3O4SSi2/c1-22(2,3)33(8,9)26-32(29,30)21-17-20(27(25-21)19-15-13-12-14-16-19)24(7,28)18-31-34(10,11)23(4,5)6/h12-17,26,28H,18H2,1-11H3.